The molecule has 2 aliphatic heterocycles. The second-order valence-electron chi connectivity index (χ2n) is 11.0. The van der Waals surface area contributed by atoms with Crippen LogP contribution in [0.1, 0.15) is 80.6 Å². The molecule has 0 aliphatic carbocycles. The number of aliphatic carboxylic acids is 2. The molecule has 226 valence electrons. The number of carbonyl (C=O) groups excluding carboxylic acids is 2. The second kappa shape index (κ2) is 12.6. The van der Waals surface area contributed by atoms with E-state index in [1.54, 1.807) is 0 Å². The van der Waals surface area contributed by atoms with Crippen LogP contribution in [0.3, 0.4) is 0 Å². The van der Waals surface area contributed by atoms with Gasteiger partial charge < -0.3 is 25.5 Å². The monoisotopic (exact) mass is 586 g/mol. The van der Waals surface area contributed by atoms with Crippen molar-refractivity contribution in [1.29, 1.82) is 0 Å². The number of aromatic nitrogens is 2. The Morgan fingerprint density at radius 3 is 2.12 bits per heavy atom. The summed E-state index contributed by atoms with van der Waals surface area (Å²) in [5, 5.41) is 23.2. The number of aromatic amines is 2. The predicted molar refractivity (Wildman–Crippen MR) is 165 cm³/mol. The van der Waals surface area contributed by atoms with Gasteiger partial charge in [0, 0.05) is 46.2 Å². The van der Waals surface area contributed by atoms with E-state index in [9.17, 15) is 29.4 Å². The van der Waals surface area contributed by atoms with Crippen LogP contribution in [0.25, 0.3) is 18.2 Å². The highest BCUT2D eigenvalue weighted by Crippen LogP contribution is 2.29. The van der Waals surface area contributed by atoms with Crippen molar-refractivity contribution in [3.63, 3.8) is 0 Å². The van der Waals surface area contributed by atoms with Gasteiger partial charge >= 0.3 is 11.9 Å². The van der Waals surface area contributed by atoms with Crippen molar-refractivity contribution < 1.29 is 29.4 Å². The van der Waals surface area contributed by atoms with E-state index in [2.05, 4.69) is 20.3 Å². The summed E-state index contributed by atoms with van der Waals surface area (Å²) in [6, 6.07) is 0. The molecule has 0 radical (unpaired) electrons. The van der Waals surface area contributed by atoms with Gasteiger partial charge in [0.2, 0.25) is 5.91 Å². The molecule has 43 heavy (non-hydrogen) atoms. The van der Waals surface area contributed by atoms with Crippen LogP contribution in [0, 0.1) is 19.8 Å². The van der Waals surface area contributed by atoms with E-state index in [0.29, 0.717) is 39.8 Å². The van der Waals surface area contributed by atoms with Crippen LogP contribution in [0.15, 0.2) is 33.5 Å². The zero-order valence-corrected chi connectivity index (χ0v) is 25.4. The van der Waals surface area contributed by atoms with E-state index < -0.39 is 11.9 Å². The first-order valence-electron chi connectivity index (χ1n) is 14.4. The number of allylic oxidation sites excluding steroid dienone is 3. The van der Waals surface area contributed by atoms with Gasteiger partial charge in [0.05, 0.1) is 11.6 Å². The number of carboxylic acid groups (broad SMARTS) is 2. The van der Waals surface area contributed by atoms with E-state index in [0.717, 1.165) is 39.1 Å². The number of amides is 2. The van der Waals surface area contributed by atoms with Gasteiger partial charge in [-0.3, -0.25) is 19.2 Å². The summed E-state index contributed by atoms with van der Waals surface area (Å²) in [4.78, 5) is 58.8. The highest BCUT2D eigenvalue weighted by atomic mass is 16.4. The summed E-state index contributed by atoms with van der Waals surface area (Å²) in [5.41, 5.74) is 8.40. The molecule has 4 heterocycles. The zero-order chi connectivity index (χ0) is 31.6. The fourth-order valence-electron chi connectivity index (χ4n) is 5.77. The van der Waals surface area contributed by atoms with Gasteiger partial charge in [-0.05, 0) is 106 Å². The lowest BCUT2D eigenvalue weighted by molar-refractivity contribution is -0.138. The minimum absolute atomic E-state index is 0.0721. The summed E-state index contributed by atoms with van der Waals surface area (Å²) in [5.74, 6) is -2.44. The number of carbonyl (C=O) groups is 4. The Bertz CT molecular complexity index is 1780. The van der Waals surface area contributed by atoms with Crippen LogP contribution in [-0.2, 0) is 32.0 Å². The summed E-state index contributed by atoms with van der Waals surface area (Å²) in [6.45, 7) is 11.3. The Labute approximate surface area is 249 Å². The van der Waals surface area contributed by atoms with Crippen LogP contribution >= 0.6 is 0 Å². The molecule has 4 rings (SSSR count). The molecule has 2 aromatic heterocycles. The van der Waals surface area contributed by atoms with Gasteiger partial charge in [-0.1, -0.05) is 13.0 Å². The lowest BCUT2D eigenvalue weighted by Gasteiger charge is -2.03. The predicted octanol–water partition coefficient (Wildman–Crippen LogP) is 3.36. The van der Waals surface area contributed by atoms with Crippen molar-refractivity contribution in [2.24, 2.45) is 10.9 Å². The Hall–Kier alpha value is -4.73. The van der Waals surface area contributed by atoms with Crippen LogP contribution in [0.2, 0.25) is 0 Å². The molecular formula is C33H38N4O6. The molecule has 2 amide bonds. The van der Waals surface area contributed by atoms with E-state index in [1.165, 1.54) is 0 Å². The molecule has 2 aromatic rings. The number of H-pyrrole nitrogens is 2. The standard InChI is InChI=1S/C33H38N4O6/c1-7-20-19(6)32(42)37-27(20)14-25-18(5)23(10-12-31(40)41)29(35-25)15-28-22(9-11-30(38)39)17(4)24(34-28)13-26-16(3)21(8-2)33(43)36-26/h7,13-15,19,34-35H,8-12H2,1-6H3,(H,37,42)(H,38,39)(H,40,41)/b20-7-,24-13+,27-14+,28-15-. The molecule has 1 atom stereocenters. The van der Waals surface area contributed by atoms with Crippen molar-refractivity contribution in [2.75, 3.05) is 0 Å². The van der Waals surface area contributed by atoms with Gasteiger partial charge in [0.25, 0.3) is 5.91 Å². The quantitative estimate of drug-likeness (QED) is 0.286. The third-order valence-corrected chi connectivity index (χ3v) is 8.35. The lowest BCUT2D eigenvalue weighted by Crippen LogP contribution is -2.16. The number of aliphatic imine (C=N–C) groups is 1. The van der Waals surface area contributed by atoms with Gasteiger partial charge in [-0.2, -0.15) is 0 Å². The molecular weight excluding hydrogens is 548 g/mol. The fourth-order valence-corrected chi connectivity index (χ4v) is 5.77. The maximum absolute atomic E-state index is 12.3. The highest BCUT2D eigenvalue weighted by Gasteiger charge is 2.29. The zero-order valence-electron chi connectivity index (χ0n) is 25.4. The number of hydrogen-bond acceptors (Lipinski definition) is 4. The van der Waals surface area contributed by atoms with Crippen molar-refractivity contribution in [3.05, 3.63) is 72.8 Å². The lowest BCUT2D eigenvalue weighted by atomic mass is 10.00. The number of nitrogens with zero attached hydrogens (tertiary/aromatic N) is 1. The number of nitrogens with one attached hydrogen (secondary N) is 3. The fraction of sp³-hybridized carbons (Fsp3) is 0.364. The summed E-state index contributed by atoms with van der Waals surface area (Å²) < 4.78 is 0. The highest BCUT2D eigenvalue weighted by molar-refractivity contribution is 6.30. The molecule has 1 saturated heterocycles. The van der Waals surface area contributed by atoms with Crippen LogP contribution in [0.4, 0.5) is 0 Å². The molecule has 10 nitrogen and oxygen atoms in total. The van der Waals surface area contributed by atoms with E-state index in [-0.39, 0.29) is 43.4 Å². The van der Waals surface area contributed by atoms with Crippen molar-refractivity contribution in [3.8, 4) is 0 Å². The largest absolute Gasteiger partial charge is 0.481 e. The smallest absolute Gasteiger partial charge is 0.303 e. The average Bonchev–Trinajstić information content (AvgIpc) is 3.59. The summed E-state index contributed by atoms with van der Waals surface area (Å²) >= 11 is 0. The maximum Gasteiger partial charge on any atom is 0.303 e. The molecule has 10 heteroatoms. The summed E-state index contributed by atoms with van der Waals surface area (Å²) in [7, 11) is 0. The first-order valence-corrected chi connectivity index (χ1v) is 14.4. The molecule has 0 saturated carbocycles. The Kier molecular flexibility index (Phi) is 9.18. The average molecular weight is 587 g/mol. The maximum atomic E-state index is 12.3. The van der Waals surface area contributed by atoms with E-state index >= 15 is 0 Å². The number of rotatable bonds is 10. The van der Waals surface area contributed by atoms with Gasteiger partial charge in [0.15, 0.2) is 0 Å². The number of carboxylic acids is 2. The molecule has 0 bridgehead atoms. The molecule has 1 fully saturated rings. The molecule has 1 unspecified atom stereocenters. The number of hydrogen-bond donors (Lipinski definition) is 5. The topological polar surface area (TPSA) is 165 Å². The first kappa shape index (κ1) is 31.2. The molecule has 0 spiro atoms. The Balaban J connectivity index is 1.91. The van der Waals surface area contributed by atoms with E-state index in [4.69, 9.17) is 0 Å². The third-order valence-electron chi connectivity index (χ3n) is 8.35. The van der Waals surface area contributed by atoms with Crippen LogP contribution in [-0.4, -0.2) is 49.6 Å². The third kappa shape index (κ3) is 6.38. The first-order chi connectivity index (χ1) is 20.4. The van der Waals surface area contributed by atoms with Crippen molar-refractivity contribution in [2.45, 2.75) is 73.6 Å². The minimum atomic E-state index is -0.923. The van der Waals surface area contributed by atoms with E-state index in [1.807, 2.05) is 65.8 Å². The van der Waals surface area contributed by atoms with Crippen LogP contribution < -0.4 is 16.0 Å². The molecule has 5 N–H and O–H groups in total. The molecule has 0 aromatic carbocycles. The molecule has 2 aliphatic rings. The SMILES string of the molecule is C/C=C1\C(=C/c2[nH]c(/C=c3\[nH]/c(=C/C4=NC(=O)C(CC)=C4C)c(C)c3CCC(=O)O)c(CCC(=O)O)c2C)NC(=O)C1C. The minimum Gasteiger partial charge on any atom is -0.481 e. The summed E-state index contributed by atoms with van der Waals surface area (Å²) in [6.07, 6.45) is 8.45. The Morgan fingerprint density at radius 2 is 1.53 bits per heavy atom. The Morgan fingerprint density at radius 1 is 0.884 bits per heavy atom. The van der Waals surface area contributed by atoms with Crippen molar-refractivity contribution in [1.82, 2.24) is 15.3 Å². The van der Waals surface area contributed by atoms with Gasteiger partial charge in [-0.15, -0.1) is 0 Å². The van der Waals surface area contributed by atoms with Gasteiger partial charge in [0.1, 0.15) is 0 Å². The second-order valence-corrected chi connectivity index (χ2v) is 11.0. The van der Waals surface area contributed by atoms with Gasteiger partial charge in [-0.25, -0.2) is 4.99 Å². The van der Waals surface area contributed by atoms with Crippen molar-refractivity contribution >= 4 is 47.7 Å². The normalized spacial score (nSPS) is 19.8. The van der Waals surface area contributed by atoms with Crippen LogP contribution in [0.5, 0.6) is 0 Å².